The largest absolute Gasteiger partial charge is 0.497 e. The third kappa shape index (κ3) is 5.50. The first-order valence-electron chi connectivity index (χ1n) is 13.6. The number of rotatable bonds is 9. The standard InChI is InChI=1S/C33H27N3O7/c1-41-24-14-12-23(13-15-24)34-32(39)30(22-11-16-27-28(17-22)43-20-42-27)36(18-21-7-3-2-4-8-21)29(37)19-35-26-10-6-5-9-25(26)31(38)33(35)40/h2-17,30H,18-20H2,1H3,(H,34,39). The molecule has 1 N–H and O–H groups in total. The van der Waals surface area contributed by atoms with Crippen LogP contribution in [0.3, 0.4) is 0 Å². The molecule has 0 fully saturated rings. The number of hydrogen-bond donors (Lipinski definition) is 1. The van der Waals surface area contributed by atoms with Crippen molar-refractivity contribution in [3.63, 3.8) is 0 Å². The lowest BCUT2D eigenvalue weighted by Crippen LogP contribution is -2.46. The number of Topliss-reactive ketones (excluding diaryl/α,β-unsaturated/α-hetero) is 1. The van der Waals surface area contributed by atoms with E-state index >= 15 is 0 Å². The van der Waals surface area contributed by atoms with Crippen LogP contribution in [0.25, 0.3) is 0 Å². The van der Waals surface area contributed by atoms with Crippen molar-refractivity contribution in [2.24, 2.45) is 0 Å². The van der Waals surface area contributed by atoms with Gasteiger partial charge in [-0.3, -0.25) is 24.1 Å². The van der Waals surface area contributed by atoms with Crippen molar-refractivity contribution in [1.29, 1.82) is 0 Å². The van der Waals surface area contributed by atoms with E-state index in [9.17, 15) is 19.2 Å². The fourth-order valence-electron chi connectivity index (χ4n) is 5.18. The highest BCUT2D eigenvalue weighted by Crippen LogP contribution is 2.37. The van der Waals surface area contributed by atoms with Gasteiger partial charge in [-0.1, -0.05) is 48.5 Å². The Hall–Kier alpha value is -5.64. The summed E-state index contributed by atoms with van der Waals surface area (Å²) in [6.45, 7) is -0.351. The molecule has 3 amide bonds. The van der Waals surface area contributed by atoms with E-state index in [0.717, 1.165) is 10.5 Å². The minimum absolute atomic E-state index is 0.0403. The Morgan fingerprint density at radius 3 is 2.40 bits per heavy atom. The van der Waals surface area contributed by atoms with Crippen LogP contribution in [0.15, 0.2) is 97.1 Å². The molecule has 1 unspecified atom stereocenters. The number of anilines is 2. The lowest BCUT2D eigenvalue weighted by Gasteiger charge is -2.33. The zero-order valence-electron chi connectivity index (χ0n) is 23.2. The predicted octanol–water partition coefficient (Wildman–Crippen LogP) is 4.36. The van der Waals surface area contributed by atoms with Crippen molar-refractivity contribution in [1.82, 2.24) is 4.90 Å². The molecule has 6 rings (SSSR count). The molecule has 4 aromatic carbocycles. The number of ketones is 1. The summed E-state index contributed by atoms with van der Waals surface area (Å²) in [5, 5.41) is 2.91. The van der Waals surface area contributed by atoms with Crippen LogP contribution in [0.2, 0.25) is 0 Å². The topological polar surface area (TPSA) is 114 Å². The summed E-state index contributed by atoms with van der Waals surface area (Å²) in [5.41, 5.74) is 2.33. The molecule has 2 aliphatic rings. The number of methoxy groups -OCH3 is 1. The minimum atomic E-state index is -1.15. The number of carbonyl (C=O) groups excluding carboxylic acids is 4. The van der Waals surface area contributed by atoms with Gasteiger partial charge in [0, 0.05) is 12.2 Å². The third-order valence-electron chi connectivity index (χ3n) is 7.32. The van der Waals surface area contributed by atoms with Crippen molar-refractivity contribution in [3.8, 4) is 17.2 Å². The summed E-state index contributed by atoms with van der Waals surface area (Å²) >= 11 is 0. The predicted molar refractivity (Wildman–Crippen MR) is 157 cm³/mol. The van der Waals surface area contributed by atoms with Crippen LogP contribution in [0, 0.1) is 0 Å². The first-order chi connectivity index (χ1) is 20.9. The number of ether oxygens (including phenoxy) is 3. The van der Waals surface area contributed by atoms with Gasteiger partial charge in [0.1, 0.15) is 18.3 Å². The van der Waals surface area contributed by atoms with E-state index in [1.165, 1.54) is 4.90 Å². The number of fused-ring (bicyclic) bond motifs is 2. The molecule has 10 nitrogen and oxygen atoms in total. The van der Waals surface area contributed by atoms with Crippen molar-refractivity contribution < 1.29 is 33.4 Å². The highest BCUT2D eigenvalue weighted by molar-refractivity contribution is 6.52. The van der Waals surface area contributed by atoms with Crippen LogP contribution in [0.1, 0.15) is 27.5 Å². The van der Waals surface area contributed by atoms with Gasteiger partial charge in [0.25, 0.3) is 17.6 Å². The molecule has 2 aliphatic heterocycles. The molecule has 10 heteroatoms. The van der Waals surface area contributed by atoms with Gasteiger partial charge in [0.05, 0.1) is 18.4 Å². The molecule has 0 saturated heterocycles. The Morgan fingerprint density at radius 2 is 1.63 bits per heavy atom. The molecule has 4 aromatic rings. The van der Waals surface area contributed by atoms with Crippen molar-refractivity contribution >= 4 is 34.9 Å². The lowest BCUT2D eigenvalue weighted by atomic mass is 10.0. The van der Waals surface area contributed by atoms with Crippen LogP contribution < -0.4 is 24.4 Å². The molecule has 0 bridgehead atoms. The molecule has 0 saturated carbocycles. The summed E-state index contributed by atoms with van der Waals surface area (Å²) in [4.78, 5) is 56.5. The van der Waals surface area contributed by atoms with Gasteiger partial charge >= 0.3 is 0 Å². The maximum atomic E-state index is 14.2. The van der Waals surface area contributed by atoms with Gasteiger partial charge in [-0.2, -0.15) is 0 Å². The average molecular weight is 578 g/mol. The number of benzene rings is 4. The summed E-state index contributed by atoms with van der Waals surface area (Å²) in [6, 6.07) is 26.5. The zero-order chi connectivity index (χ0) is 29.9. The smallest absolute Gasteiger partial charge is 0.299 e. The molecule has 0 aromatic heterocycles. The summed E-state index contributed by atoms with van der Waals surface area (Å²) in [6.07, 6.45) is 0. The molecule has 2 heterocycles. The SMILES string of the molecule is COc1ccc(NC(=O)C(c2ccc3c(c2)OCO3)N(Cc2ccccc2)C(=O)CN2C(=O)C(=O)c3ccccc32)cc1. The van der Waals surface area contributed by atoms with E-state index in [1.54, 1.807) is 73.8 Å². The highest BCUT2D eigenvalue weighted by Gasteiger charge is 2.39. The fraction of sp³-hybridized carbons (Fsp3) is 0.152. The quantitative estimate of drug-likeness (QED) is 0.294. The Bertz CT molecular complexity index is 1710. The molecule has 0 spiro atoms. The Morgan fingerprint density at radius 1 is 0.907 bits per heavy atom. The van der Waals surface area contributed by atoms with E-state index in [0.29, 0.717) is 34.2 Å². The van der Waals surface area contributed by atoms with Gasteiger partial charge in [0.2, 0.25) is 12.7 Å². The summed E-state index contributed by atoms with van der Waals surface area (Å²) in [5.74, 6) is -0.903. The molecule has 0 aliphatic carbocycles. The maximum Gasteiger partial charge on any atom is 0.299 e. The van der Waals surface area contributed by atoms with Crippen LogP contribution in [0.4, 0.5) is 11.4 Å². The Labute approximate surface area is 247 Å². The summed E-state index contributed by atoms with van der Waals surface area (Å²) in [7, 11) is 1.55. The van der Waals surface area contributed by atoms with Gasteiger partial charge < -0.3 is 24.4 Å². The number of hydrogen-bond acceptors (Lipinski definition) is 7. The van der Waals surface area contributed by atoms with Crippen molar-refractivity contribution in [3.05, 3.63) is 114 Å². The van der Waals surface area contributed by atoms with Gasteiger partial charge in [-0.25, -0.2) is 0 Å². The first kappa shape index (κ1) is 27.5. The number of carbonyl (C=O) groups is 4. The first-order valence-corrected chi connectivity index (χ1v) is 13.6. The second-order valence-corrected chi connectivity index (χ2v) is 9.98. The normalized spacial score (nSPS) is 13.8. The van der Waals surface area contributed by atoms with E-state index in [-0.39, 0.29) is 18.9 Å². The van der Waals surface area contributed by atoms with Gasteiger partial charge in [-0.15, -0.1) is 0 Å². The van der Waals surface area contributed by atoms with Crippen LogP contribution in [0.5, 0.6) is 17.2 Å². The molecular weight excluding hydrogens is 550 g/mol. The van der Waals surface area contributed by atoms with Crippen molar-refractivity contribution in [2.45, 2.75) is 12.6 Å². The van der Waals surface area contributed by atoms with E-state index in [2.05, 4.69) is 5.32 Å². The lowest BCUT2D eigenvalue weighted by molar-refractivity contribution is -0.139. The number of para-hydroxylation sites is 1. The third-order valence-corrected chi connectivity index (χ3v) is 7.32. The molecule has 1 atom stereocenters. The van der Waals surface area contributed by atoms with Crippen LogP contribution in [-0.2, 0) is 20.9 Å². The molecule has 43 heavy (non-hydrogen) atoms. The van der Waals surface area contributed by atoms with Gasteiger partial charge in [-0.05, 0) is 59.7 Å². The number of nitrogens with one attached hydrogen (secondary N) is 1. The highest BCUT2D eigenvalue weighted by atomic mass is 16.7. The van der Waals surface area contributed by atoms with E-state index < -0.39 is 36.1 Å². The van der Waals surface area contributed by atoms with E-state index in [1.807, 2.05) is 30.3 Å². The monoisotopic (exact) mass is 577 g/mol. The molecule has 0 radical (unpaired) electrons. The second-order valence-electron chi connectivity index (χ2n) is 9.98. The number of amides is 3. The molecule has 216 valence electrons. The zero-order valence-corrected chi connectivity index (χ0v) is 23.2. The van der Waals surface area contributed by atoms with E-state index in [4.69, 9.17) is 14.2 Å². The summed E-state index contributed by atoms with van der Waals surface area (Å²) < 4.78 is 16.3. The maximum absolute atomic E-state index is 14.2. The minimum Gasteiger partial charge on any atom is -0.497 e. The Kier molecular flexibility index (Phi) is 7.48. The molecular formula is C33H27N3O7. The fourth-order valence-corrected chi connectivity index (χ4v) is 5.18. The van der Waals surface area contributed by atoms with Crippen LogP contribution in [-0.4, -0.2) is 48.9 Å². The van der Waals surface area contributed by atoms with Gasteiger partial charge in [0.15, 0.2) is 11.5 Å². The number of nitrogens with zero attached hydrogens (tertiary/aromatic N) is 2. The average Bonchev–Trinajstić information content (AvgIpc) is 3.60. The van der Waals surface area contributed by atoms with Crippen LogP contribution >= 0.6 is 0 Å². The van der Waals surface area contributed by atoms with Crippen molar-refractivity contribution in [2.75, 3.05) is 30.7 Å². The Balaban J connectivity index is 1.39. The second kappa shape index (κ2) is 11.7.